The van der Waals surface area contributed by atoms with Crippen LogP contribution in [0.2, 0.25) is 0 Å². The predicted octanol–water partition coefficient (Wildman–Crippen LogP) is 3.49. The maximum atomic E-state index is 12.7. The maximum Gasteiger partial charge on any atom is 0.342 e. The molecule has 0 N–H and O–H groups in total. The molecule has 2 aromatic carbocycles. The van der Waals surface area contributed by atoms with Crippen LogP contribution in [-0.4, -0.2) is 23.9 Å². The zero-order valence-electron chi connectivity index (χ0n) is 13.5. The summed E-state index contributed by atoms with van der Waals surface area (Å²) in [4.78, 5) is 13.0. The molecule has 0 aliphatic carbocycles. The van der Waals surface area contributed by atoms with E-state index in [0.717, 1.165) is 10.5 Å². The van der Waals surface area contributed by atoms with Crippen molar-refractivity contribution in [2.75, 3.05) is 13.7 Å². The fourth-order valence-electron chi connectivity index (χ4n) is 2.33. The Morgan fingerprint density at radius 3 is 2.52 bits per heavy atom. The van der Waals surface area contributed by atoms with Gasteiger partial charge in [-0.2, -0.15) is 0 Å². The van der Waals surface area contributed by atoms with Crippen molar-refractivity contribution in [3.05, 3.63) is 59.2 Å². The van der Waals surface area contributed by atoms with Crippen LogP contribution in [0, 0.1) is 6.92 Å². The maximum absolute atomic E-state index is 12.7. The molecule has 0 radical (unpaired) electrons. The zero-order chi connectivity index (χ0) is 16.8. The lowest BCUT2D eigenvalue weighted by atomic mass is 10.1. The summed E-state index contributed by atoms with van der Waals surface area (Å²) >= 11 is 0. The molecule has 4 nitrogen and oxygen atoms in total. The van der Waals surface area contributed by atoms with Gasteiger partial charge in [-0.1, -0.05) is 30.3 Å². The lowest BCUT2D eigenvalue weighted by Crippen LogP contribution is -2.12. The minimum Gasteiger partial charge on any atom is -0.496 e. The van der Waals surface area contributed by atoms with Gasteiger partial charge in [-0.15, -0.1) is 0 Å². The van der Waals surface area contributed by atoms with Gasteiger partial charge in [0, 0.05) is 4.90 Å². The molecule has 1 unspecified atom stereocenters. The van der Waals surface area contributed by atoms with E-state index in [0.29, 0.717) is 16.9 Å². The minimum absolute atomic E-state index is 0.232. The van der Waals surface area contributed by atoms with Crippen LogP contribution in [0.15, 0.2) is 47.4 Å². The molecular formula is C18H20O4S. The molecule has 0 heterocycles. The number of benzene rings is 2. The summed E-state index contributed by atoms with van der Waals surface area (Å²) in [5.41, 5.74) is 1.97. The van der Waals surface area contributed by atoms with Gasteiger partial charge in [0.2, 0.25) is 0 Å². The molecule has 1 atom stereocenters. The number of ether oxygens (including phenoxy) is 2. The Morgan fingerprint density at radius 1 is 1.13 bits per heavy atom. The van der Waals surface area contributed by atoms with Crippen molar-refractivity contribution < 1.29 is 18.5 Å². The van der Waals surface area contributed by atoms with Gasteiger partial charge in [0.15, 0.2) is 0 Å². The topological polar surface area (TPSA) is 52.6 Å². The van der Waals surface area contributed by atoms with E-state index in [2.05, 4.69) is 0 Å². The second-order valence-electron chi connectivity index (χ2n) is 4.97. The van der Waals surface area contributed by atoms with Crippen molar-refractivity contribution in [1.82, 2.24) is 0 Å². The van der Waals surface area contributed by atoms with Crippen LogP contribution in [-0.2, 0) is 21.3 Å². The second kappa shape index (κ2) is 7.92. The Bertz CT molecular complexity index is 725. The number of carbonyl (C=O) groups is 1. The molecule has 0 aromatic heterocycles. The molecular weight excluding hydrogens is 312 g/mol. The van der Waals surface area contributed by atoms with Crippen LogP contribution in [0.1, 0.15) is 28.4 Å². The summed E-state index contributed by atoms with van der Waals surface area (Å²) in [6.07, 6.45) is 0. The van der Waals surface area contributed by atoms with Crippen LogP contribution in [0.4, 0.5) is 0 Å². The summed E-state index contributed by atoms with van der Waals surface area (Å²) in [7, 11) is 0.250. The van der Waals surface area contributed by atoms with Gasteiger partial charge in [-0.25, -0.2) is 4.79 Å². The first kappa shape index (κ1) is 17.2. The summed E-state index contributed by atoms with van der Waals surface area (Å²) in [5.74, 6) is 0.209. The van der Waals surface area contributed by atoms with Gasteiger partial charge in [0.1, 0.15) is 11.3 Å². The van der Waals surface area contributed by atoms with Crippen molar-refractivity contribution in [3.63, 3.8) is 0 Å². The average molecular weight is 332 g/mol. The average Bonchev–Trinajstić information content (AvgIpc) is 2.55. The molecule has 23 heavy (non-hydrogen) atoms. The van der Waals surface area contributed by atoms with Gasteiger partial charge >= 0.3 is 5.97 Å². The van der Waals surface area contributed by atoms with Crippen molar-refractivity contribution in [3.8, 4) is 5.75 Å². The van der Waals surface area contributed by atoms with Gasteiger partial charge < -0.3 is 9.47 Å². The molecule has 0 fully saturated rings. The smallest absolute Gasteiger partial charge is 0.342 e. The third kappa shape index (κ3) is 3.99. The molecule has 0 bridgehead atoms. The van der Waals surface area contributed by atoms with Crippen LogP contribution in [0.25, 0.3) is 0 Å². The fraction of sp³-hybridized carbons (Fsp3) is 0.278. The zero-order valence-corrected chi connectivity index (χ0v) is 14.3. The molecule has 5 heteroatoms. The van der Waals surface area contributed by atoms with E-state index in [9.17, 15) is 9.00 Å². The summed E-state index contributed by atoms with van der Waals surface area (Å²) in [6.45, 7) is 3.95. The molecule has 0 amide bonds. The largest absolute Gasteiger partial charge is 0.496 e. The third-order valence-electron chi connectivity index (χ3n) is 3.44. The first-order valence-electron chi connectivity index (χ1n) is 7.35. The Balaban J connectivity index is 2.38. The third-order valence-corrected chi connectivity index (χ3v) is 4.96. The summed E-state index contributed by atoms with van der Waals surface area (Å²) < 4.78 is 23.1. The minimum atomic E-state index is -1.25. The lowest BCUT2D eigenvalue weighted by molar-refractivity contribution is 0.0521. The van der Waals surface area contributed by atoms with Crippen LogP contribution in [0.5, 0.6) is 5.75 Å². The Labute approximate surface area is 138 Å². The number of rotatable bonds is 6. The summed E-state index contributed by atoms with van der Waals surface area (Å²) in [5, 5.41) is 0. The van der Waals surface area contributed by atoms with Crippen LogP contribution in [0.3, 0.4) is 0 Å². The van der Waals surface area contributed by atoms with E-state index in [4.69, 9.17) is 9.47 Å². The monoisotopic (exact) mass is 332 g/mol. The Kier molecular flexibility index (Phi) is 5.93. The highest BCUT2D eigenvalue weighted by Gasteiger charge is 2.20. The van der Waals surface area contributed by atoms with Crippen molar-refractivity contribution in [2.24, 2.45) is 0 Å². The van der Waals surface area contributed by atoms with Crippen LogP contribution < -0.4 is 4.74 Å². The van der Waals surface area contributed by atoms with E-state index in [1.54, 1.807) is 25.1 Å². The van der Waals surface area contributed by atoms with Crippen LogP contribution >= 0.6 is 0 Å². The number of carbonyl (C=O) groups excluding carboxylic acids is 1. The molecule has 0 aliphatic heterocycles. The molecule has 2 rings (SSSR count). The quantitative estimate of drug-likeness (QED) is 0.760. The van der Waals surface area contributed by atoms with Gasteiger partial charge in [-0.05, 0) is 37.1 Å². The first-order valence-corrected chi connectivity index (χ1v) is 8.67. The molecule has 122 valence electrons. The first-order chi connectivity index (χ1) is 11.1. The van der Waals surface area contributed by atoms with Gasteiger partial charge in [0.05, 0.1) is 30.3 Å². The predicted molar refractivity (Wildman–Crippen MR) is 90.2 cm³/mol. The standard InChI is InChI=1S/C18H20O4S/c1-4-22-18(19)17-14(9-7-10-15(17)21-3)12-23(20)16-11-6-5-8-13(16)2/h5-11H,4,12H2,1-3H3. The number of esters is 1. The van der Waals surface area contributed by atoms with E-state index in [1.807, 2.05) is 31.2 Å². The number of aryl methyl sites for hydroxylation is 1. The highest BCUT2D eigenvalue weighted by Crippen LogP contribution is 2.26. The molecule has 0 aliphatic rings. The summed E-state index contributed by atoms with van der Waals surface area (Å²) in [6, 6.07) is 12.8. The molecule has 2 aromatic rings. The van der Waals surface area contributed by atoms with E-state index >= 15 is 0 Å². The van der Waals surface area contributed by atoms with Crippen molar-refractivity contribution in [2.45, 2.75) is 24.5 Å². The highest BCUT2D eigenvalue weighted by molar-refractivity contribution is 7.84. The normalized spacial score (nSPS) is 11.8. The Morgan fingerprint density at radius 2 is 1.87 bits per heavy atom. The number of hydrogen-bond donors (Lipinski definition) is 0. The molecule has 0 saturated heterocycles. The van der Waals surface area contributed by atoms with E-state index < -0.39 is 16.8 Å². The number of hydrogen-bond acceptors (Lipinski definition) is 4. The highest BCUT2D eigenvalue weighted by atomic mass is 32.2. The second-order valence-corrected chi connectivity index (χ2v) is 6.39. The van der Waals surface area contributed by atoms with Gasteiger partial charge in [0.25, 0.3) is 0 Å². The van der Waals surface area contributed by atoms with E-state index in [-0.39, 0.29) is 12.4 Å². The van der Waals surface area contributed by atoms with Gasteiger partial charge in [-0.3, -0.25) is 4.21 Å². The van der Waals surface area contributed by atoms with Crippen molar-refractivity contribution in [1.29, 1.82) is 0 Å². The molecule has 0 saturated carbocycles. The van der Waals surface area contributed by atoms with Crippen molar-refractivity contribution >= 4 is 16.8 Å². The molecule has 0 spiro atoms. The van der Waals surface area contributed by atoms with E-state index in [1.165, 1.54) is 7.11 Å². The Hall–Kier alpha value is -2.14. The number of methoxy groups -OCH3 is 1. The fourth-order valence-corrected chi connectivity index (χ4v) is 3.67. The lowest BCUT2D eigenvalue weighted by Gasteiger charge is -2.13. The SMILES string of the molecule is CCOC(=O)c1c(CS(=O)c2ccccc2C)cccc1OC.